The Balaban J connectivity index is 1.54. The van der Waals surface area contributed by atoms with Crippen LogP contribution in [0.15, 0.2) is 11.6 Å². The predicted molar refractivity (Wildman–Crippen MR) is 99.4 cm³/mol. The van der Waals surface area contributed by atoms with Crippen molar-refractivity contribution in [1.82, 2.24) is 0 Å². The lowest BCUT2D eigenvalue weighted by molar-refractivity contribution is -0.169. The van der Waals surface area contributed by atoms with Gasteiger partial charge in [0.25, 0.3) is 0 Å². The Labute approximate surface area is 175 Å². The first-order valence-corrected chi connectivity index (χ1v) is 11.8. The quantitative estimate of drug-likeness (QED) is 0.410. The number of fused-ring (bicyclic) bond motifs is 4. The van der Waals surface area contributed by atoms with E-state index in [4.69, 9.17) is 18.9 Å². The number of hydrogen-bond acceptors (Lipinski definition) is 9. The highest BCUT2D eigenvalue weighted by molar-refractivity contribution is 7.84. The molecule has 0 aromatic heterocycles. The molecular formula is C20H24O9S. The standard InChI is InChI=1S/C20H24O9S/c1-17(24,6-30(4)25)15-20-7(5-8(21)26-15)18(2)11-9(14(20)29-20)28-16(23)19(11,3)12(22)10-13(18)27-10/h5,9-15,22,24H,6H2,1-4H3/t9-,10+,11+,12+,13+,14+,15+,17-,18+,19+,20-,30-/m0/s1. The Morgan fingerprint density at radius 3 is 2.53 bits per heavy atom. The second kappa shape index (κ2) is 5.17. The van der Waals surface area contributed by atoms with Crippen LogP contribution < -0.4 is 0 Å². The van der Waals surface area contributed by atoms with Crippen molar-refractivity contribution >= 4 is 22.7 Å². The largest absolute Gasteiger partial charge is 0.459 e. The van der Waals surface area contributed by atoms with E-state index in [0.717, 1.165) is 0 Å². The molecule has 2 aliphatic carbocycles. The number of cyclic esters (lactones) is 1. The molecule has 0 amide bonds. The SMILES string of the molecule is C[S@](=O)C[C@](C)(O)[C@H]1OC(=O)C=C2[C@]3(C)[C@H]4[C@H](OC(=O)[C@@]4(C)[C@H](O)[C@H]4O[C@H]43)[C@H]3O[C@@]231. The van der Waals surface area contributed by atoms with Crippen LogP contribution in [-0.4, -0.2) is 86.2 Å². The molecule has 2 saturated carbocycles. The molecule has 0 bridgehead atoms. The van der Waals surface area contributed by atoms with Gasteiger partial charge in [-0.2, -0.15) is 0 Å². The Hall–Kier alpha value is -1.33. The van der Waals surface area contributed by atoms with Crippen LogP contribution in [-0.2, 0) is 39.3 Å². The van der Waals surface area contributed by atoms with E-state index in [9.17, 15) is 24.0 Å². The summed E-state index contributed by atoms with van der Waals surface area (Å²) in [6.07, 6.45) is -1.54. The predicted octanol–water partition coefficient (Wildman–Crippen LogP) is -1.18. The second-order valence-electron chi connectivity index (χ2n) is 10.2. The minimum atomic E-state index is -1.63. The van der Waals surface area contributed by atoms with Gasteiger partial charge < -0.3 is 29.2 Å². The molecule has 2 N–H and O–H groups in total. The van der Waals surface area contributed by atoms with Crippen molar-refractivity contribution in [3.05, 3.63) is 11.6 Å². The van der Waals surface area contributed by atoms with Crippen molar-refractivity contribution in [2.75, 3.05) is 12.0 Å². The summed E-state index contributed by atoms with van der Waals surface area (Å²) in [5.74, 6) is -1.72. The monoisotopic (exact) mass is 440 g/mol. The fourth-order valence-corrected chi connectivity index (χ4v) is 8.13. The minimum absolute atomic E-state index is 0.111. The van der Waals surface area contributed by atoms with E-state index in [-0.39, 0.29) is 5.75 Å². The lowest BCUT2D eigenvalue weighted by atomic mass is 9.46. The van der Waals surface area contributed by atoms with Crippen molar-refractivity contribution in [1.29, 1.82) is 0 Å². The van der Waals surface area contributed by atoms with Crippen LogP contribution in [0.5, 0.6) is 0 Å². The molecular weight excluding hydrogens is 416 g/mol. The number of ether oxygens (including phenoxy) is 4. The normalized spacial score (nSPS) is 57.4. The van der Waals surface area contributed by atoms with Crippen LogP contribution in [0.2, 0.25) is 0 Å². The van der Waals surface area contributed by atoms with Gasteiger partial charge in [-0.25, -0.2) is 4.79 Å². The highest BCUT2D eigenvalue weighted by atomic mass is 32.2. The third-order valence-electron chi connectivity index (χ3n) is 8.28. The zero-order valence-electron chi connectivity index (χ0n) is 17.0. The lowest BCUT2D eigenvalue weighted by Gasteiger charge is -2.54. The summed E-state index contributed by atoms with van der Waals surface area (Å²) in [7, 11) is -1.36. The van der Waals surface area contributed by atoms with Gasteiger partial charge in [0.05, 0.1) is 18.0 Å². The average Bonchev–Trinajstić information content (AvgIpc) is 3.52. The van der Waals surface area contributed by atoms with E-state index in [1.807, 2.05) is 6.92 Å². The summed E-state index contributed by atoms with van der Waals surface area (Å²) < 4.78 is 35.2. The van der Waals surface area contributed by atoms with E-state index < -0.39 is 87.3 Å². The molecule has 4 heterocycles. The summed E-state index contributed by atoms with van der Waals surface area (Å²) in [5, 5.41) is 22.0. The van der Waals surface area contributed by atoms with E-state index >= 15 is 0 Å². The van der Waals surface area contributed by atoms with Crippen molar-refractivity contribution < 1.29 is 43.0 Å². The zero-order chi connectivity index (χ0) is 21.6. The molecule has 3 saturated heterocycles. The summed E-state index contributed by atoms with van der Waals surface area (Å²) in [6, 6.07) is 0. The molecule has 5 fully saturated rings. The Bertz CT molecular complexity index is 960. The van der Waals surface area contributed by atoms with Gasteiger partial charge in [0.1, 0.15) is 29.3 Å². The molecule has 0 aromatic rings. The van der Waals surface area contributed by atoms with Gasteiger partial charge >= 0.3 is 11.9 Å². The highest BCUT2D eigenvalue weighted by Crippen LogP contribution is 2.75. The maximum atomic E-state index is 12.9. The third kappa shape index (κ3) is 1.88. The van der Waals surface area contributed by atoms with Gasteiger partial charge in [0.15, 0.2) is 11.7 Å². The smallest absolute Gasteiger partial charge is 0.331 e. The summed E-state index contributed by atoms with van der Waals surface area (Å²) in [6.45, 7) is 5.07. The average molecular weight is 440 g/mol. The first kappa shape index (κ1) is 19.4. The molecule has 12 atom stereocenters. The van der Waals surface area contributed by atoms with Gasteiger partial charge in [-0.3, -0.25) is 9.00 Å². The fraction of sp³-hybridized carbons (Fsp3) is 0.800. The Morgan fingerprint density at radius 1 is 1.17 bits per heavy atom. The van der Waals surface area contributed by atoms with E-state index in [0.29, 0.717) is 5.57 Å². The molecule has 0 aromatic carbocycles. The molecule has 9 nitrogen and oxygen atoms in total. The maximum absolute atomic E-state index is 12.9. The van der Waals surface area contributed by atoms with Crippen LogP contribution in [0.1, 0.15) is 20.8 Å². The zero-order valence-corrected chi connectivity index (χ0v) is 17.8. The topological polar surface area (TPSA) is 135 Å². The number of aliphatic hydroxyl groups is 2. The van der Waals surface area contributed by atoms with Crippen LogP contribution >= 0.6 is 0 Å². The number of rotatable bonds is 3. The minimum Gasteiger partial charge on any atom is -0.459 e. The van der Waals surface area contributed by atoms with Crippen molar-refractivity contribution in [2.24, 2.45) is 16.7 Å². The van der Waals surface area contributed by atoms with Crippen molar-refractivity contribution in [3.63, 3.8) is 0 Å². The Morgan fingerprint density at radius 2 is 1.87 bits per heavy atom. The van der Waals surface area contributed by atoms with Crippen molar-refractivity contribution in [2.45, 2.75) is 68.6 Å². The first-order valence-electron chi connectivity index (χ1n) is 10.1. The highest BCUT2D eigenvalue weighted by Gasteiger charge is 2.89. The second-order valence-corrected chi connectivity index (χ2v) is 11.6. The van der Waals surface area contributed by atoms with Gasteiger partial charge in [-0.15, -0.1) is 0 Å². The lowest BCUT2D eigenvalue weighted by Crippen LogP contribution is -2.68. The molecule has 1 spiro atoms. The van der Waals surface area contributed by atoms with Crippen LogP contribution in [0, 0.1) is 16.7 Å². The third-order valence-corrected chi connectivity index (χ3v) is 9.27. The Kier molecular flexibility index (Phi) is 3.34. The molecule has 0 radical (unpaired) electrons. The maximum Gasteiger partial charge on any atom is 0.331 e. The van der Waals surface area contributed by atoms with Crippen LogP contribution in [0.3, 0.4) is 0 Å². The van der Waals surface area contributed by atoms with E-state index in [2.05, 4.69) is 0 Å². The van der Waals surface area contributed by atoms with Gasteiger partial charge in [0, 0.05) is 34.5 Å². The molecule has 4 aliphatic heterocycles. The first-order chi connectivity index (χ1) is 13.9. The molecule has 30 heavy (non-hydrogen) atoms. The summed E-state index contributed by atoms with van der Waals surface area (Å²) >= 11 is 0. The number of hydrogen-bond donors (Lipinski definition) is 2. The molecule has 6 aliphatic rings. The molecule has 164 valence electrons. The van der Waals surface area contributed by atoms with E-state index in [1.165, 1.54) is 19.3 Å². The number of aliphatic hydroxyl groups excluding tert-OH is 1. The molecule has 10 heteroatoms. The number of carbonyl (C=O) groups is 2. The molecule has 6 rings (SSSR count). The summed E-state index contributed by atoms with van der Waals surface area (Å²) in [5.41, 5.74) is -4.23. The van der Waals surface area contributed by atoms with Crippen LogP contribution in [0.25, 0.3) is 0 Å². The van der Waals surface area contributed by atoms with Gasteiger partial charge in [0.2, 0.25) is 0 Å². The fourth-order valence-electron chi connectivity index (χ4n) is 7.15. The van der Waals surface area contributed by atoms with Crippen LogP contribution in [0.4, 0.5) is 0 Å². The number of epoxide rings is 2. The van der Waals surface area contributed by atoms with Gasteiger partial charge in [-0.05, 0) is 19.4 Å². The number of carbonyl (C=O) groups excluding carboxylic acids is 2. The van der Waals surface area contributed by atoms with E-state index in [1.54, 1.807) is 6.92 Å². The molecule has 0 unspecified atom stereocenters. The van der Waals surface area contributed by atoms with Gasteiger partial charge in [-0.1, -0.05) is 6.92 Å². The summed E-state index contributed by atoms with van der Waals surface area (Å²) in [4.78, 5) is 25.6. The van der Waals surface area contributed by atoms with Crippen molar-refractivity contribution in [3.8, 4) is 0 Å². The number of esters is 2.